The Morgan fingerprint density at radius 1 is 1.16 bits per heavy atom. The molecule has 0 bridgehead atoms. The number of carbonyl (C=O) groups excluding carboxylic acids is 1. The van der Waals surface area contributed by atoms with Crippen LogP contribution in [0.25, 0.3) is 0 Å². The zero-order valence-corrected chi connectivity index (χ0v) is 12.3. The highest BCUT2D eigenvalue weighted by Gasteiger charge is 2.37. The maximum absolute atomic E-state index is 12.6. The molecule has 0 aliphatic heterocycles. The Balaban J connectivity index is 2.88. The number of rotatable bonds is 5. The van der Waals surface area contributed by atoms with Crippen molar-refractivity contribution in [1.29, 1.82) is 0 Å². The first-order valence-electron chi connectivity index (χ1n) is 7.02. The van der Waals surface area contributed by atoms with Gasteiger partial charge < -0.3 is 10.0 Å². The van der Waals surface area contributed by atoms with Gasteiger partial charge in [0.15, 0.2) is 0 Å². The van der Waals surface area contributed by atoms with Gasteiger partial charge in [0.25, 0.3) is 0 Å². The van der Waals surface area contributed by atoms with Crippen LogP contribution in [0, 0.1) is 17.8 Å². The van der Waals surface area contributed by atoms with E-state index < -0.39 is 17.8 Å². The Kier molecular flexibility index (Phi) is 5.58. The van der Waals surface area contributed by atoms with Gasteiger partial charge in [-0.15, -0.1) is 0 Å². The maximum atomic E-state index is 12.6. The summed E-state index contributed by atoms with van der Waals surface area (Å²) in [6.45, 7) is 8.78. The van der Waals surface area contributed by atoms with Crippen LogP contribution in [0.15, 0.2) is 12.2 Å². The highest BCUT2D eigenvalue weighted by atomic mass is 16.4. The molecule has 0 spiro atoms. The van der Waals surface area contributed by atoms with Crippen molar-refractivity contribution in [1.82, 2.24) is 4.90 Å². The second kappa shape index (κ2) is 6.73. The van der Waals surface area contributed by atoms with Crippen LogP contribution in [0.3, 0.4) is 0 Å². The van der Waals surface area contributed by atoms with Crippen molar-refractivity contribution < 1.29 is 14.7 Å². The second-order valence-electron chi connectivity index (χ2n) is 5.97. The van der Waals surface area contributed by atoms with Crippen LogP contribution >= 0.6 is 0 Å². The Bertz CT molecular complexity index is 360. The van der Waals surface area contributed by atoms with Crippen molar-refractivity contribution in [2.75, 3.05) is 6.54 Å². The fraction of sp³-hybridized carbons (Fsp3) is 0.733. The zero-order chi connectivity index (χ0) is 14.6. The van der Waals surface area contributed by atoms with Gasteiger partial charge in [-0.05, 0) is 32.6 Å². The Hall–Kier alpha value is -1.32. The molecule has 0 fully saturated rings. The summed E-state index contributed by atoms with van der Waals surface area (Å²) in [5.74, 6) is -1.49. The van der Waals surface area contributed by atoms with Gasteiger partial charge in [0, 0.05) is 12.6 Å². The minimum Gasteiger partial charge on any atom is -0.481 e. The number of carbonyl (C=O) groups is 2. The fourth-order valence-corrected chi connectivity index (χ4v) is 2.52. The van der Waals surface area contributed by atoms with Gasteiger partial charge >= 0.3 is 5.97 Å². The van der Waals surface area contributed by atoms with E-state index in [4.69, 9.17) is 0 Å². The minimum absolute atomic E-state index is 0.0135. The molecule has 19 heavy (non-hydrogen) atoms. The molecule has 1 aliphatic rings. The van der Waals surface area contributed by atoms with E-state index in [1.807, 2.05) is 30.9 Å². The smallest absolute Gasteiger partial charge is 0.307 e. The highest BCUT2D eigenvalue weighted by molar-refractivity contribution is 5.85. The average molecular weight is 267 g/mol. The van der Waals surface area contributed by atoms with E-state index in [9.17, 15) is 14.7 Å². The summed E-state index contributed by atoms with van der Waals surface area (Å²) in [5, 5.41) is 9.26. The van der Waals surface area contributed by atoms with Crippen LogP contribution in [-0.2, 0) is 9.59 Å². The lowest BCUT2D eigenvalue weighted by molar-refractivity contribution is -0.151. The van der Waals surface area contributed by atoms with Gasteiger partial charge in [-0.3, -0.25) is 9.59 Å². The third-order valence-corrected chi connectivity index (χ3v) is 3.54. The number of hydrogen-bond donors (Lipinski definition) is 1. The van der Waals surface area contributed by atoms with E-state index >= 15 is 0 Å². The first-order valence-corrected chi connectivity index (χ1v) is 7.02. The zero-order valence-electron chi connectivity index (χ0n) is 12.3. The molecule has 4 heteroatoms. The molecule has 0 saturated heterocycles. The summed E-state index contributed by atoms with van der Waals surface area (Å²) < 4.78 is 0. The third kappa shape index (κ3) is 4.08. The molecule has 1 aliphatic carbocycles. The van der Waals surface area contributed by atoms with Crippen molar-refractivity contribution in [2.24, 2.45) is 17.8 Å². The van der Waals surface area contributed by atoms with E-state index in [0.29, 0.717) is 25.3 Å². The van der Waals surface area contributed by atoms with Crippen molar-refractivity contribution in [3.63, 3.8) is 0 Å². The fourth-order valence-electron chi connectivity index (χ4n) is 2.52. The maximum Gasteiger partial charge on any atom is 0.307 e. The van der Waals surface area contributed by atoms with Crippen molar-refractivity contribution in [3.8, 4) is 0 Å². The van der Waals surface area contributed by atoms with Crippen molar-refractivity contribution in [3.05, 3.63) is 12.2 Å². The lowest BCUT2D eigenvalue weighted by Crippen LogP contribution is -2.46. The van der Waals surface area contributed by atoms with Crippen molar-refractivity contribution in [2.45, 2.75) is 46.6 Å². The largest absolute Gasteiger partial charge is 0.481 e. The molecule has 2 unspecified atom stereocenters. The van der Waals surface area contributed by atoms with E-state index in [0.717, 1.165) is 0 Å². The quantitative estimate of drug-likeness (QED) is 0.779. The number of aliphatic carboxylic acids is 1. The van der Waals surface area contributed by atoms with Crippen molar-refractivity contribution >= 4 is 11.9 Å². The van der Waals surface area contributed by atoms with Gasteiger partial charge in [-0.2, -0.15) is 0 Å². The number of hydrogen-bond acceptors (Lipinski definition) is 2. The van der Waals surface area contributed by atoms with Gasteiger partial charge in [0.2, 0.25) is 5.91 Å². The molecule has 0 aromatic rings. The first kappa shape index (κ1) is 15.7. The number of nitrogens with zero attached hydrogens (tertiary/aromatic N) is 1. The molecular formula is C15H25NO3. The molecule has 1 N–H and O–H groups in total. The molecule has 0 saturated carbocycles. The number of carboxylic acids is 1. The summed E-state index contributed by atoms with van der Waals surface area (Å²) in [5.41, 5.74) is 0. The van der Waals surface area contributed by atoms with E-state index in [1.54, 1.807) is 0 Å². The van der Waals surface area contributed by atoms with Crippen LogP contribution in [0.5, 0.6) is 0 Å². The Labute approximate surface area is 115 Å². The van der Waals surface area contributed by atoms with Gasteiger partial charge in [-0.25, -0.2) is 0 Å². The number of carboxylic acid groups (broad SMARTS) is 1. The monoisotopic (exact) mass is 267 g/mol. The van der Waals surface area contributed by atoms with Crippen LogP contribution < -0.4 is 0 Å². The van der Waals surface area contributed by atoms with E-state index in [1.165, 1.54) is 0 Å². The molecule has 4 nitrogen and oxygen atoms in total. The third-order valence-electron chi connectivity index (χ3n) is 3.54. The Morgan fingerprint density at radius 3 is 2.11 bits per heavy atom. The summed E-state index contributed by atoms with van der Waals surface area (Å²) in [6, 6.07) is 0.107. The average Bonchev–Trinajstić information content (AvgIpc) is 2.34. The summed E-state index contributed by atoms with van der Waals surface area (Å²) in [6.07, 6.45) is 4.79. The predicted molar refractivity (Wildman–Crippen MR) is 74.7 cm³/mol. The van der Waals surface area contributed by atoms with Gasteiger partial charge in [-0.1, -0.05) is 26.0 Å². The Morgan fingerprint density at radius 2 is 1.68 bits per heavy atom. The molecule has 0 aromatic heterocycles. The van der Waals surface area contributed by atoms with Crippen LogP contribution in [0.1, 0.15) is 40.5 Å². The SMILES string of the molecule is CC(C)CN(C(=O)C1CC=CCC1C(=O)O)C(C)C. The second-order valence-corrected chi connectivity index (χ2v) is 5.97. The molecule has 1 rings (SSSR count). The highest BCUT2D eigenvalue weighted by Crippen LogP contribution is 2.28. The minimum atomic E-state index is -0.865. The first-order chi connectivity index (χ1) is 8.84. The summed E-state index contributed by atoms with van der Waals surface area (Å²) in [4.78, 5) is 25.7. The molecule has 0 radical (unpaired) electrons. The number of amides is 1. The topological polar surface area (TPSA) is 57.6 Å². The lowest BCUT2D eigenvalue weighted by atomic mass is 9.81. The molecular weight excluding hydrogens is 242 g/mol. The lowest BCUT2D eigenvalue weighted by Gasteiger charge is -2.34. The molecule has 0 heterocycles. The number of allylic oxidation sites excluding steroid dienone is 2. The predicted octanol–water partition coefficient (Wildman–Crippen LogP) is 2.55. The summed E-state index contributed by atoms with van der Waals surface area (Å²) >= 11 is 0. The molecule has 1 amide bonds. The summed E-state index contributed by atoms with van der Waals surface area (Å²) in [7, 11) is 0. The standard InChI is InChI=1S/C15H25NO3/c1-10(2)9-16(11(3)4)14(17)12-7-5-6-8-13(12)15(18)19/h5-6,10-13H,7-9H2,1-4H3,(H,18,19). The van der Waals surface area contributed by atoms with Gasteiger partial charge in [0.1, 0.15) is 0 Å². The van der Waals surface area contributed by atoms with E-state index in [2.05, 4.69) is 13.8 Å². The van der Waals surface area contributed by atoms with Gasteiger partial charge in [0.05, 0.1) is 11.8 Å². The normalized spacial score (nSPS) is 22.8. The van der Waals surface area contributed by atoms with E-state index in [-0.39, 0.29) is 11.9 Å². The molecule has 0 aromatic carbocycles. The molecule has 2 atom stereocenters. The van der Waals surface area contributed by atoms with Crippen LogP contribution in [-0.4, -0.2) is 34.5 Å². The molecule has 108 valence electrons. The van der Waals surface area contributed by atoms with Crippen LogP contribution in [0.2, 0.25) is 0 Å². The van der Waals surface area contributed by atoms with Crippen LogP contribution in [0.4, 0.5) is 0 Å².